The van der Waals surface area contributed by atoms with Crippen LogP contribution in [0.2, 0.25) is 0 Å². The van der Waals surface area contributed by atoms with Gasteiger partial charge in [0.15, 0.2) is 0 Å². The highest BCUT2D eigenvalue weighted by Crippen LogP contribution is 2.32. The monoisotopic (exact) mass is 405 g/mol. The highest BCUT2D eigenvalue weighted by atomic mass is 16.5. The number of para-hydroxylation sites is 2. The molecule has 2 aromatic heterocycles. The standard InChI is InChI=1S/C22H23N5O3/c28-10-8-24-20-13-4-1-2-6-15(13)26-22(29)18(20)21-25-16-7-3-5-14(19(16)27-21)17-12-30-11-9-23-17/h1-7,17,23,28H,8-12H2,(H,25,27)(H2,24,26,29). The highest BCUT2D eigenvalue weighted by Gasteiger charge is 2.22. The van der Waals surface area contributed by atoms with E-state index in [0.717, 1.165) is 34.0 Å². The van der Waals surface area contributed by atoms with Crippen LogP contribution in [0.3, 0.4) is 0 Å². The molecule has 1 aliphatic heterocycles. The van der Waals surface area contributed by atoms with E-state index < -0.39 is 0 Å². The van der Waals surface area contributed by atoms with Crippen molar-refractivity contribution in [3.05, 3.63) is 58.4 Å². The molecule has 1 aliphatic rings. The van der Waals surface area contributed by atoms with Gasteiger partial charge in [0, 0.05) is 18.5 Å². The largest absolute Gasteiger partial charge is 0.395 e. The summed E-state index contributed by atoms with van der Waals surface area (Å²) in [4.78, 5) is 24.1. The van der Waals surface area contributed by atoms with Crippen LogP contribution in [0.25, 0.3) is 33.3 Å². The number of morpholine rings is 1. The zero-order chi connectivity index (χ0) is 20.5. The van der Waals surface area contributed by atoms with Crippen molar-refractivity contribution in [2.45, 2.75) is 6.04 Å². The fourth-order valence-corrected chi connectivity index (χ4v) is 4.05. The summed E-state index contributed by atoms with van der Waals surface area (Å²) in [7, 11) is 0. The second kappa shape index (κ2) is 7.91. The average Bonchev–Trinajstić information content (AvgIpc) is 3.21. The lowest BCUT2D eigenvalue weighted by molar-refractivity contribution is 0.0772. The molecule has 5 rings (SSSR count). The number of ether oxygens (including phenoxy) is 1. The number of H-pyrrole nitrogens is 2. The number of imidazole rings is 1. The zero-order valence-corrected chi connectivity index (χ0v) is 16.4. The predicted octanol–water partition coefficient (Wildman–Crippen LogP) is 2.14. The minimum atomic E-state index is -0.242. The molecule has 3 heterocycles. The zero-order valence-electron chi connectivity index (χ0n) is 16.4. The van der Waals surface area contributed by atoms with Crippen LogP contribution in [0.1, 0.15) is 11.6 Å². The van der Waals surface area contributed by atoms with Crippen LogP contribution in [0.5, 0.6) is 0 Å². The summed E-state index contributed by atoms with van der Waals surface area (Å²) in [6, 6.07) is 13.6. The van der Waals surface area contributed by atoms with Crippen molar-refractivity contribution in [1.82, 2.24) is 20.3 Å². The molecule has 4 aromatic rings. The fraction of sp³-hybridized carbons (Fsp3) is 0.273. The number of hydrogen-bond donors (Lipinski definition) is 5. The van der Waals surface area contributed by atoms with Gasteiger partial charge >= 0.3 is 0 Å². The van der Waals surface area contributed by atoms with Gasteiger partial charge < -0.3 is 30.4 Å². The summed E-state index contributed by atoms with van der Waals surface area (Å²) in [5, 5.41) is 16.9. The first-order valence-corrected chi connectivity index (χ1v) is 10.1. The molecule has 0 spiro atoms. The third-order valence-electron chi connectivity index (χ3n) is 5.41. The number of anilines is 1. The van der Waals surface area contributed by atoms with E-state index in [2.05, 4.69) is 20.6 Å². The maximum absolute atomic E-state index is 13.0. The summed E-state index contributed by atoms with van der Waals surface area (Å²) in [6.45, 7) is 2.36. The SMILES string of the molecule is O=c1[nH]c2ccccc2c(NCCO)c1-c1nc2c(C3COCCN3)cccc2[nH]1. The number of aromatic amines is 2. The fourth-order valence-electron chi connectivity index (χ4n) is 4.05. The van der Waals surface area contributed by atoms with Gasteiger partial charge in [0.05, 0.1) is 48.1 Å². The molecule has 0 radical (unpaired) electrons. The first-order valence-electron chi connectivity index (χ1n) is 10.1. The Labute approximate surface area is 172 Å². The van der Waals surface area contributed by atoms with Gasteiger partial charge in [-0.05, 0) is 17.7 Å². The normalized spacial score (nSPS) is 16.9. The molecule has 0 aliphatic carbocycles. The number of aliphatic hydroxyl groups excluding tert-OH is 1. The number of pyridine rings is 1. The Morgan fingerprint density at radius 2 is 2.00 bits per heavy atom. The van der Waals surface area contributed by atoms with E-state index in [0.29, 0.717) is 36.8 Å². The van der Waals surface area contributed by atoms with Gasteiger partial charge in [-0.2, -0.15) is 0 Å². The lowest BCUT2D eigenvalue weighted by Crippen LogP contribution is -2.34. The first-order chi connectivity index (χ1) is 14.8. The van der Waals surface area contributed by atoms with Gasteiger partial charge in [0.1, 0.15) is 11.4 Å². The van der Waals surface area contributed by atoms with E-state index >= 15 is 0 Å². The first kappa shape index (κ1) is 18.8. The van der Waals surface area contributed by atoms with E-state index in [1.165, 1.54) is 0 Å². The van der Waals surface area contributed by atoms with Crippen molar-refractivity contribution in [2.75, 3.05) is 38.2 Å². The Morgan fingerprint density at radius 3 is 2.83 bits per heavy atom. The molecule has 1 atom stereocenters. The summed E-state index contributed by atoms with van der Waals surface area (Å²) in [6.07, 6.45) is 0. The lowest BCUT2D eigenvalue weighted by Gasteiger charge is -2.24. The molecule has 0 saturated carbocycles. The van der Waals surface area contributed by atoms with Crippen molar-refractivity contribution >= 4 is 27.6 Å². The molecule has 30 heavy (non-hydrogen) atoms. The molecular weight excluding hydrogens is 382 g/mol. The molecule has 154 valence electrons. The maximum atomic E-state index is 13.0. The van der Waals surface area contributed by atoms with Gasteiger partial charge in [-0.1, -0.05) is 30.3 Å². The molecule has 8 nitrogen and oxygen atoms in total. The minimum Gasteiger partial charge on any atom is -0.395 e. The van der Waals surface area contributed by atoms with E-state index in [-0.39, 0.29) is 18.2 Å². The lowest BCUT2D eigenvalue weighted by atomic mass is 10.1. The van der Waals surface area contributed by atoms with Gasteiger partial charge in [0.25, 0.3) is 5.56 Å². The van der Waals surface area contributed by atoms with Crippen molar-refractivity contribution in [3.63, 3.8) is 0 Å². The van der Waals surface area contributed by atoms with E-state index in [1.807, 2.05) is 42.5 Å². The Morgan fingerprint density at radius 1 is 1.13 bits per heavy atom. The Hall–Kier alpha value is -3.20. The van der Waals surface area contributed by atoms with Crippen LogP contribution in [-0.2, 0) is 4.74 Å². The predicted molar refractivity (Wildman–Crippen MR) is 117 cm³/mol. The second-order valence-electron chi connectivity index (χ2n) is 7.31. The summed E-state index contributed by atoms with van der Waals surface area (Å²) in [5.41, 5.74) is 4.28. The van der Waals surface area contributed by atoms with Crippen molar-refractivity contribution in [2.24, 2.45) is 0 Å². The molecule has 1 unspecified atom stereocenters. The third kappa shape index (κ3) is 3.24. The number of aromatic nitrogens is 3. The van der Waals surface area contributed by atoms with Gasteiger partial charge in [-0.25, -0.2) is 4.98 Å². The molecule has 0 bridgehead atoms. The number of fused-ring (bicyclic) bond motifs is 2. The van der Waals surface area contributed by atoms with E-state index in [9.17, 15) is 9.90 Å². The van der Waals surface area contributed by atoms with Crippen molar-refractivity contribution in [3.8, 4) is 11.4 Å². The summed E-state index contributed by atoms with van der Waals surface area (Å²) >= 11 is 0. The Bertz CT molecular complexity index is 1260. The van der Waals surface area contributed by atoms with Gasteiger partial charge in [-0.3, -0.25) is 4.79 Å². The number of nitrogens with zero attached hydrogens (tertiary/aromatic N) is 1. The molecule has 1 saturated heterocycles. The van der Waals surface area contributed by atoms with Crippen LogP contribution >= 0.6 is 0 Å². The van der Waals surface area contributed by atoms with Crippen LogP contribution in [0.4, 0.5) is 5.69 Å². The molecule has 0 amide bonds. The summed E-state index contributed by atoms with van der Waals surface area (Å²) < 4.78 is 5.62. The van der Waals surface area contributed by atoms with E-state index in [4.69, 9.17) is 9.72 Å². The van der Waals surface area contributed by atoms with Crippen molar-refractivity contribution < 1.29 is 9.84 Å². The average molecular weight is 405 g/mol. The number of hydrogen-bond acceptors (Lipinski definition) is 6. The van der Waals surface area contributed by atoms with Crippen LogP contribution in [-0.4, -0.2) is 53.0 Å². The molecule has 1 fully saturated rings. The topological polar surface area (TPSA) is 115 Å². The quantitative estimate of drug-likeness (QED) is 0.348. The minimum absolute atomic E-state index is 0.0435. The van der Waals surface area contributed by atoms with Gasteiger partial charge in [0.2, 0.25) is 0 Å². The number of aliphatic hydroxyl groups is 1. The van der Waals surface area contributed by atoms with Gasteiger partial charge in [-0.15, -0.1) is 0 Å². The van der Waals surface area contributed by atoms with E-state index in [1.54, 1.807) is 0 Å². The Balaban J connectivity index is 1.70. The Kier molecular flexibility index (Phi) is 4.96. The molecule has 8 heteroatoms. The number of nitrogens with one attached hydrogen (secondary N) is 4. The smallest absolute Gasteiger partial charge is 0.261 e. The number of benzene rings is 2. The highest BCUT2D eigenvalue weighted by molar-refractivity contribution is 5.99. The van der Waals surface area contributed by atoms with Crippen molar-refractivity contribution in [1.29, 1.82) is 0 Å². The molecule has 5 N–H and O–H groups in total. The second-order valence-corrected chi connectivity index (χ2v) is 7.31. The number of rotatable bonds is 5. The third-order valence-corrected chi connectivity index (χ3v) is 5.41. The maximum Gasteiger partial charge on any atom is 0.261 e. The molecular formula is C22H23N5O3. The van der Waals surface area contributed by atoms with Crippen LogP contribution in [0, 0.1) is 0 Å². The van der Waals surface area contributed by atoms with Crippen LogP contribution in [0.15, 0.2) is 47.3 Å². The molecule has 2 aromatic carbocycles. The summed E-state index contributed by atoms with van der Waals surface area (Å²) in [5.74, 6) is 0.488. The van der Waals surface area contributed by atoms with Crippen LogP contribution < -0.4 is 16.2 Å².